The number of nitrogens with one attached hydrogen (secondary N) is 7. The van der Waals surface area contributed by atoms with Crippen LogP contribution in [0.4, 0.5) is 0 Å². The molecule has 0 radical (unpaired) electrons. The minimum absolute atomic E-state index is 0.106. The predicted molar refractivity (Wildman–Crippen MR) is 181 cm³/mol. The van der Waals surface area contributed by atoms with E-state index in [4.69, 9.17) is 0 Å². The lowest BCUT2D eigenvalue weighted by molar-refractivity contribution is 0.219. The normalized spacial score (nSPS) is 52.1. The number of hydrogen-bond acceptors (Lipinski definition) is 9. The van der Waals surface area contributed by atoms with Crippen molar-refractivity contribution >= 4 is 10.3 Å². The molecular weight excluding hydrogens is 600 g/mol. The van der Waals surface area contributed by atoms with Crippen molar-refractivity contribution in [2.75, 3.05) is 0 Å². The Balaban J connectivity index is 0.800. The van der Waals surface area contributed by atoms with Crippen molar-refractivity contribution < 1.29 is 13.0 Å². The zero-order chi connectivity index (χ0) is 31.6. The molecule has 8 fully saturated rings. The Kier molecular flexibility index (Phi) is 9.53. The van der Waals surface area contributed by atoms with Gasteiger partial charge in [0.25, 0.3) is 0 Å². The first-order chi connectivity index (χ1) is 22.2. The highest BCUT2D eigenvalue weighted by Crippen LogP contribution is 2.38. The fourth-order valence-corrected chi connectivity index (χ4v) is 12.8. The first-order valence-electron chi connectivity index (χ1n) is 19.3. The number of nitrogens with zero attached hydrogens (tertiary/aromatic N) is 1. The van der Waals surface area contributed by atoms with Crippen LogP contribution in [-0.2, 0) is 10.3 Å². The van der Waals surface area contributed by atoms with Crippen LogP contribution in [-0.4, -0.2) is 114 Å². The molecule has 16 unspecified atom stereocenters. The summed E-state index contributed by atoms with van der Waals surface area (Å²) in [5, 5.41) is 27.5. The maximum atomic E-state index is 12.7. The second kappa shape index (κ2) is 13.4. The second-order valence-corrected chi connectivity index (χ2v) is 18.1. The van der Waals surface area contributed by atoms with Crippen LogP contribution in [0.2, 0.25) is 0 Å². The highest BCUT2D eigenvalue weighted by atomic mass is 32.2. The van der Waals surface area contributed by atoms with Crippen molar-refractivity contribution in [1.29, 1.82) is 0 Å². The van der Waals surface area contributed by atoms with E-state index in [1.807, 2.05) is 0 Å². The highest BCUT2D eigenvalue weighted by Gasteiger charge is 2.51. The Morgan fingerprint density at radius 1 is 0.391 bits per heavy atom. The molecule has 0 amide bonds. The quantitative estimate of drug-likeness (QED) is 0.180. The first-order valence-corrected chi connectivity index (χ1v) is 20.7. The molecule has 0 aromatic rings. The SMILES string of the molecule is CC1CCC(C2CCC(C3CCC(C4CCC(C5CCC(C6CCC(C7CCC(C8CCC(C)N8)N7S(=O)(=O)O)N6)N5)N4)N3)N2)N1. The van der Waals surface area contributed by atoms with Crippen molar-refractivity contribution in [3.8, 4) is 0 Å². The van der Waals surface area contributed by atoms with Gasteiger partial charge in [-0.1, -0.05) is 0 Å². The van der Waals surface area contributed by atoms with E-state index in [-0.39, 0.29) is 24.2 Å². The summed E-state index contributed by atoms with van der Waals surface area (Å²) in [6, 6.07) is 6.53. The summed E-state index contributed by atoms with van der Waals surface area (Å²) in [4.78, 5) is 0. The smallest absolute Gasteiger partial charge is 0.310 e. The average molecular weight is 663 g/mol. The first kappa shape index (κ1) is 32.8. The van der Waals surface area contributed by atoms with E-state index >= 15 is 0 Å². The van der Waals surface area contributed by atoms with Crippen LogP contribution in [0.1, 0.15) is 117 Å². The molecule has 11 nitrogen and oxygen atoms in total. The molecule has 8 heterocycles. The van der Waals surface area contributed by atoms with E-state index < -0.39 is 10.3 Å². The summed E-state index contributed by atoms with van der Waals surface area (Å²) < 4.78 is 37.1. The lowest BCUT2D eigenvalue weighted by atomic mass is 10.0. The number of hydrogen-bond donors (Lipinski definition) is 8. The van der Waals surface area contributed by atoms with Crippen molar-refractivity contribution in [2.24, 2.45) is 0 Å². The minimum atomic E-state index is -4.26. The van der Waals surface area contributed by atoms with Gasteiger partial charge in [-0.2, -0.15) is 12.7 Å². The monoisotopic (exact) mass is 662 g/mol. The van der Waals surface area contributed by atoms with Crippen LogP contribution in [0.5, 0.6) is 0 Å². The van der Waals surface area contributed by atoms with Gasteiger partial charge in [-0.05, 0) is 117 Å². The molecule has 0 aromatic heterocycles. The Morgan fingerprint density at radius 2 is 0.630 bits per heavy atom. The molecule has 12 heteroatoms. The Morgan fingerprint density at radius 3 is 0.935 bits per heavy atom. The van der Waals surface area contributed by atoms with Gasteiger partial charge >= 0.3 is 10.3 Å². The van der Waals surface area contributed by atoms with Crippen LogP contribution in [0, 0.1) is 0 Å². The maximum absolute atomic E-state index is 12.7. The Hall–Kier alpha value is -0.410. The van der Waals surface area contributed by atoms with Crippen molar-refractivity contribution in [3.05, 3.63) is 0 Å². The van der Waals surface area contributed by atoms with E-state index in [1.54, 1.807) is 0 Å². The zero-order valence-electron chi connectivity index (χ0n) is 28.2. The van der Waals surface area contributed by atoms with Crippen LogP contribution < -0.4 is 37.2 Å². The summed E-state index contributed by atoms with van der Waals surface area (Å²) in [5.41, 5.74) is 0. The van der Waals surface area contributed by atoms with E-state index in [1.165, 1.54) is 68.5 Å². The summed E-state index contributed by atoms with van der Waals surface area (Å²) >= 11 is 0. The lowest BCUT2D eigenvalue weighted by Gasteiger charge is -2.34. The van der Waals surface area contributed by atoms with E-state index in [9.17, 15) is 13.0 Å². The van der Waals surface area contributed by atoms with Gasteiger partial charge in [0.2, 0.25) is 0 Å². The second-order valence-electron chi connectivity index (χ2n) is 16.8. The molecule has 8 aliphatic rings. The molecule has 0 saturated carbocycles. The molecule has 8 N–H and O–H groups in total. The van der Waals surface area contributed by atoms with Crippen LogP contribution in [0.15, 0.2) is 0 Å². The molecule has 0 aromatic carbocycles. The fraction of sp³-hybridized carbons (Fsp3) is 1.00. The van der Waals surface area contributed by atoms with Gasteiger partial charge in [-0.15, -0.1) is 0 Å². The largest absolute Gasteiger partial charge is 0.336 e. The van der Waals surface area contributed by atoms with Gasteiger partial charge in [0, 0.05) is 96.7 Å². The molecule has 16 atom stereocenters. The Bertz CT molecular complexity index is 1180. The standard InChI is InChI=1S/C34H62N8O3S/c1-19-3-5-21(35-19)22-7-8-23(37-22)24-9-10-25(38-24)26-11-12-27(39-26)28-13-14-29(40-28)30-15-16-32(41-30)34-18-17-33(42(34)46(43,44)45)31-6-4-20(2)36-31/h19-41H,3-18H2,1-2H3,(H,43,44,45). The summed E-state index contributed by atoms with van der Waals surface area (Å²) in [6.07, 6.45) is 18.4. The molecule has 0 spiro atoms. The Labute approximate surface area is 277 Å². The number of rotatable bonds is 8. The van der Waals surface area contributed by atoms with Gasteiger partial charge in [0.15, 0.2) is 0 Å². The van der Waals surface area contributed by atoms with E-state index in [0.29, 0.717) is 72.5 Å². The van der Waals surface area contributed by atoms with Gasteiger partial charge in [0.1, 0.15) is 0 Å². The van der Waals surface area contributed by atoms with Gasteiger partial charge in [-0.3, -0.25) is 4.55 Å². The lowest BCUT2D eigenvalue weighted by Crippen LogP contribution is -2.56. The topological polar surface area (TPSA) is 142 Å². The summed E-state index contributed by atoms with van der Waals surface area (Å²) in [6.45, 7) is 4.48. The third kappa shape index (κ3) is 6.58. The van der Waals surface area contributed by atoms with Crippen molar-refractivity contribution in [3.63, 3.8) is 0 Å². The third-order valence-electron chi connectivity index (χ3n) is 13.9. The van der Waals surface area contributed by atoms with Crippen molar-refractivity contribution in [1.82, 2.24) is 41.5 Å². The van der Waals surface area contributed by atoms with Gasteiger partial charge in [-0.25, -0.2) is 0 Å². The highest BCUT2D eigenvalue weighted by molar-refractivity contribution is 7.83. The van der Waals surface area contributed by atoms with Crippen LogP contribution in [0.25, 0.3) is 0 Å². The predicted octanol–water partition coefficient (Wildman–Crippen LogP) is 1.51. The molecule has 8 saturated heterocycles. The third-order valence-corrected chi connectivity index (χ3v) is 15.0. The van der Waals surface area contributed by atoms with E-state index in [2.05, 4.69) is 51.1 Å². The molecule has 8 rings (SSSR count). The molecule has 8 aliphatic heterocycles. The zero-order valence-corrected chi connectivity index (χ0v) is 29.0. The minimum Gasteiger partial charge on any atom is -0.310 e. The average Bonchev–Trinajstić information content (AvgIpc) is 3.86. The fourth-order valence-electron chi connectivity index (χ4n) is 11.6. The van der Waals surface area contributed by atoms with Gasteiger partial charge < -0.3 is 37.2 Å². The molecule has 0 bridgehead atoms. The van der Waals surface area contributed by atoms with Crippen molar-refractivity contribution in [2.45, 2.75) is 213 Å². The molecular formula is C34H62N8O3S. The summed E-state index contributed by atoms with van der Waals surface area (Å²) in [7, 11) is -4.26. The summed E-state index contributed by atoms with van der Waals surface area (Å²) in [5.74, 6) is 0. The maximum Gasteiger partial charge on any atom is 0.336 e. The van der Waals surface area contributed by atoms with E-state index in [0.717, 1.165) is 38.5 Å². The molecule has 46 heavy (non-hydrogen) atoms. The van der Waals surface area contributed by atoms with Crippen LogP contribution in [0.3, 0.4) is 0 Å². The van der Waals surface area contributed by atoms with Gasteiger partial charge in [0.05, 0.1) is 0 Å². The molecule has 0 aliphatic carbocycles. The molecule has 262 valence electrons. The van der Waals surface area contributed by atoms with Crippen LogP contribution >= 0.6 is 0 Å².